The molecule has 1 aliphatic heterocycles. The van der Waals surface area contributed by atoms with Crippen molar-refractivity contribution in [2.24, 2.45) is 11.8 Å². The van der Waals surface area contributed by atoms with Gasteiger partial charge in [0.1, 0.15) is 11.0 Å². The van der Waals surface area contributed by atoms with Gasteiger partial charge in [-0.3, -0.25) is 4.90 Å². The van der Waals surface area contributed by atoms with E-state index in [-0.39, 0.29) is 35.4 Å². The summed E-state index contributed by atoms with van der Waals surface area (Å²) in [6, 6.07) is 9.51. The van der Waals surface area contributed by atoms with E-state index in [1.807, 2.05) is 31.2 Å². The van der Waals surface area contributed by atoms with Gasteiger partial charge in [0.15, 0.2) is 0 Å². The zero-order valence-electron chi connectivity index (χ0n) is 21.9. The molecule has 210 valence electrons. The van der Waals surface area contributed by atoms with Crippen molar-refractivity contribution in [3.05, 3.63) is 55.7 Å². The van der Waals surface area contributed by atoms with Gasteiger partial charge in [-0.25, -0.2) is 4.79 Å². The summed E-state index contributed by atoms with van der Waals surface area (Å²) in [4.78, 5) is 16.8. The van der Waals surface area contributed by atoms with Crippen LogP contribution in [-0.2, 0) is 22.3 Å². The van der Waals surface area contributed by atoms with E-state index in [2.05, 4.69) is 4.90 Å². The van der Waals surface area contributed by atoms with Crippen LogP contribution in [0.3, 0.4) is 0 Å². The lowest BCUT2D eigenvalue weighted by Gasteiger charge is -2.27. The van der Waals surface area contributed by atoms with Crippen LogP contribution >= 0.6 is 46.1 Å². The molecule has 5 nitrogen and oxygen atoms in total. The molecule has 2 aliphatic rings. The second-order valence-electron chi connectivity index (χ2n) is 10.6. The van der Waals surface area contributed by atoms with Gasteiger partial charge in [-0.2, -0.15) is 0 Å². The predicted octanol–water partition coefficient (Wildman–Crippen LogP) is 6.88. The number of aliphatic hydroxyl groups excluding tert-OH is 1. The van der Waals surface area contributed by atoms with Crippen molar-refractivity contribution in [3.8, 4) is 0 Å². The maximum absolute atomic E-state index is 12.6. The van der Waals surface area contributed by atoms with Crippen LogP contribution in [-0.4, -0.2) is 66.4 Å². The Morgan fingerprint density at radius 2 is 1.87 bits per heavy atom. The van der Waals surface area contributed by atoms with Gasteiger partial charge in [-0.15, -0.1) is 22.9 Å². The molecule has 1 aliphatic carbocycles. The average Bonchev–Trinajstić information content (AvgIpc) is 3.45. The Kier molecular flexibility index (Phi) is 11.6. The molecule has 1 saturated heterocycles. The highest BCUT2D eigenvalue weighted by atomic mass is 35.5. The lowest BCUT2D eigenvalue weighted by Crippen LogP contribution is -2.38. The van der Waals surface area contributed by atoms with E-state index in [1.54, 1.807) is 6.07 Å². The minimum Gasteiger partial charge on any atom is -0.458 e. The Hall–Kier alpha value is -0.860. The molecule has 2 heterocycles. The molecule has 0 amide bonds. The zero-order valence-corrected chi connectivity index (χ0v) is 25.0. The molecule has 0 radical (unpaired) electrons. The van der Waals surface area contributed by atoms with Crippen LogP contribution < -0.4 is 0 Å². The number of morpholine rings is 1. The van der Waals surface area contributed by atoms with Gasteiger partial charge in [0.2, 0.25) is 0 Å². The third-order valence-corrected chi connectivity index (χ3v) is 9.81. The number of hydrogen-bond donors (Lipinski definition) is 1. The number of halogens is 3. The number of benzene rings is 1. The molecule has 2 fully saturated rings. The van der Waals surface area contributed by atoms with Crippen LogP contribution in [0.5, 0.6) is 0 Å². The molecule has 5 atom stereocenters. The van der Waals surface area contributed by atoms with Gasteiger partial charge in [0, 0.05) is 39.9 Å². The molecule has 0 bridgehead atoms. The molecule has 38 heavy (non-hydrogen) atoms. The van der Waals surface area contributed by atoms with E-state index in [0.29, 0.717) is 21.3 Å². The molecule has 1 aromatic carbocycles. The number of hydrogen-bond acceptors (Lipinski definition) is 6. The first kappa shape index (κ1) is 30.1. The second kappa shape index (κ2) is 14.7. The summed E-state index contributed by atoms with van der Waals surface area (Å²) in [6.07, 6.45) is 5.41. The molecule has 5 unspecified atom stereocenters. The molecular weight excluding hydrogens is 565 g/mol. The second-order valence-corrected chi connectivity index (χ2v) is 13.2. The maximum atomic E-state index is 12.6. The SMILES string of the molecule is CC(CCN1CCOCC1)OC(=O)c1ccc(CCCC2C(Cl)CC(O)C2CCc2cc(Cl)cc(Cl)c2)s1. The molecule has 4 rings (SSSR count). The predicted molar refractivity (Wildman–Crippen MR) is 156 cm³/mol. The van der Waals surface area contributed by atoms with Gasteiger partial charge in [0.25, 0.3) is 0 Å². The first-order chi connectivity index (χ1) is 18.3. The topological polar surface area (TPSA) is 59.0 Å². The van der Waals surface area contributed by atoms with Crippen LogP contribution in [0.4, 0.5) is 0 Å². The first-order valence-electron chi connectivity index (χ1n) is 13.7. The number of rotatable bonds is 12. The Balaban J connectivity index is 1.21. The van der Waals surface area contributed by atoms with E-state index in [0.717, 1.165) is 76.9 Å². The molecule has 9 heteroatoms. The number of carbonyl (C=O) groups is 1. The van der Waals surface area contributed by atoms with E-state index in [4.69, 9.17) is 44.3 Å². The Morgan fingerprint density at radius 3 is 2.61 bits per heavy atom. The number of aliphatic hydroxyl groups is 1. The quantitative estimate of drug-likeness (QED) is 0.212. The van der Waals surface area contributed by atoms with Gasteiger partial charge in [-0.05, 0) is 99.6 Å². The minimum absolute atomic E-state index is 0.0224. The van der Waals surface area contributed by atoms with Crippen LogP contribution in [0, 0.1) is 11.8 Å². The fraction of sp³-hybridized carbons (Fsp3) is 0.621. The molecular formula is C29H38Cl3NO4S. The van der Waals surface area contributed by atoms with Crippen LogP contribution in [0.15, 0.2) is 30.3 Å². The zero-order chi connectivity index (χ0) is 27.1. The van der Waals surface area contributed by atoms with Crippen LogP contribution in [0.2, 0.25) is 10.0 Å². The smallest absolute Gasteiger partial charge is 0.348 e. The summed E-state index contributed by atoms with van der Waals surface area (Å²) < 4.78 is 11.1. The maximum Gasteiger partial charge on any atom is 0.348 e. The number of esters is 1. The van der Waals surface area contributed by atoms with Crippen molar-refractivity contribution in [2.75, 3.05) is 32.8 Å². The molecule has 1 saturated carbocycles. The van der Waals surface area contributed by atoms with Gasteiger partial charge < -0.3 is 14.6 Å². The Labute approximate surface area is 245 Å². The van der Waals surface area contributed by atoms with E-state index in [9.17, 15) is 9.90 Å². The normalized spacial score (nSPS) is 25.0. The molecule has 2 aromatic rings. The largest absolute Gasteiger partial charge is 0.458 e. The van der Waals surface area contributed by atoms with Gasteiger partial charge >= 0.3 is 5.97 Å². The monoisotopic (exact) mass is 601 g/mol. The number of alkyl halides is 1. The van der Waals surface area contributed by atoms with Crippen molar-refractivity contribution in [2.45, 2.75) is 69.5 Å². The van der Waals surface area contributed by atoms with Crippen LogP contribution in [0.25, 0.3) is 0 Å². The van der Waals surface area contributed by atoms with Crippen molar-refractivity contribution in [1.29, 1.82) is 0 Å². The fourth-order valence-corrected chi connectivity index (χ4v) is 7.65. The number of thiophene rings is 1. The van der Waals surface area contributed by atoms with Crippen molar-refractivity contribution in [1.82, 2.24) is 4.90 Å². The van der Waals surface area contributed by atoms with Crippen LogP contribution in [0.1, 0.15) is 59.1 Å². The van der Waals surface area contributed by atoms with E-state index >= 15 is 0 Å². The Morgan fingerprint density at radius 1 is 1.13 bits per heavy atom. The lowest BCUT2D eigenvalue weighted by atomic mass is 9.85. The highest BCUT2D eigenvalue weighted by Crippen LogP contribution is 2.42. The third-order valence-electron chi connectivity index (χ3n) is 7.75. The highest BCUT2D eigenvalue weighted by Gasteiger charge is 2.40. The van der Waals surface area contributed by atoms with Crippen molar-refractivity contribution >= 4 is 52.1 Å². The Bertz CT molecular complexity index is 1020. The summed E-state index contributed by atoms with van der Waals surface area (Å²) in [7, 11) is 0. The van der Waals surface area contributed by atoms with E-state index < -0.39 is 0 Å². The van der Waals surface area contributed by atoms with Crippen molar-refractivity contribution in [3.63, 3.8) is 0 Å². The first-order valence-corrected chi connectivity index (χ1v) is 15.7. The highest BCUT2D eigenvalue weighted by molar-refractivity contribution is 7.13. The molecule has 1 N–H and O–H groups in total. The lowest BCUT2D eigenvalue weighted by molar-refractivity contribution is 0.0174. The summed E-state index contributed by atoms with van der Waals surface area (Å²) in [5, 5.41) is 11.9. The average molecular weight is 603 g/mol. The number of nitrogens with zero attached hydrogens (tertiary/aromatic N) is 1. The summed E-state index contributed by atoms with van der Waals surface area (Å²) >= 11 is 20.5. The number of aryl methyl sites for hydroxylation is 2. The van der Waals surface area contributed by atoms with E-state index in [1.165, 1.54) is 16.2 Å². The molecule has 1 aromatic heterocycles. The number of carbonyl (C=O) groups excluding carboxylic acids is 1. The fourth-order valence-electron chi connectivity index (χ4n) is 5.65. The minimum atomic E-state index is -0.384. The summed E-state index contributed by atoms with van der Waals surface area (Å²) in [6.45, 7) is 6.31. The van der Waals surface area contributed by atoms with Crippen molar-refractivity contribution < 1.29 is 19.4 Å². The summed E-state index contributed by atoms with van der Waals surface area (Å²) in [5.41, 5.74) is 1.08. The van der Waals surface area contributed by atoms with Gasteiger partial charge in [-0.1, -0.05) is 23.2 Å². The standard InChI is InChI=1S/C29H38Cl3NO4S/c1-19(9-10-33-11-13-36-14-12-33)37-29(35)28-8-6-23(38-28)3-2-4-24-25(27(34)18-26(24)32)7-5-20-15-21(30)17-22(31)16-20/h6,8,15-17,19,24-27,34H,2-5,7,9-14,18H2,1H3. The summed E-state index contributed by atoms with van der Waals surface area (Å²) in [5.74, 6) is 0.178. The molecule has 0 spiro atoms. The van der Waals surface area contributed by atoms with Gasteiger partial charge in [0.05, 0.1) is 19.3 Å². The number of ether oxygens (including phenoxy) is 2. The third kappa shape index (κ3) is 8.82.